The first kappa shape index (κ1) is 15.5. The molecule has 25 heavy (non-hydrogen) atoms. The Morgan fingerprint density at radius 1 is 1.24 bits per heavy atom. The van der Waals surface area contributed by atoms with Crippen LogP contribution in [0.15, 0.2) is 42.5 Å². The van der Waals surface area contributed by atoms with Crippen molar-refractivity contribution in [2.75, 3.05) is 19.0 Å². The summed E-state index contributed by atoms with van der Waals surface area (Å²) < 4.78 is 5.28. The van der Waals surface area contributed by atoms with Gasteiger partial charge in [0.25, 0.3) is 0 Å². The van der Waals surface area contributed by atoms with Gasteiger partial charge >= 0.3 is 6.03 Å². The molecule has 0 bridgehead atoms. The Hall–Kier alpha value is -3.02. The molecule has 128 valence electrons. The molecular weight excluding hydrogens is 316 g/mol. The lowest BCUT2D eigenvalue weighted by Gasteiger charge is -2.06. The number of amides is 2. The normalized spacial score (nSPS) is 13.6. The number of anilines is 1. The van der Waals surface area contributed by atoms with Gasteiger partial charge in [0.2, 0.25) is 0 Å². The third-order valence-corrected chi connectivity index (χ3v) is 4.45. The Bertz CT molecular complexity index is 915. The second-order valence-corrected chi connectivity index (χ2v) is 6.34. The zero-order chi connectivity index (χ0) is 17.2. The van der Waals surface area contributed by atoms with Gasteiger partial charge in [0.15, 0.2) is 5.82 Å². The first-order chi connectivity index (χ1) is 12.2. The van der Waals surface area contributed by atoms with E-state index in [1.807, 2.05) is 42.5 Å². The van der Waals surface area contributed by atoms with Crippen molar-refractivity contribution in [3.63, 3.8) is 0 Å². The average molecular weight is 336 g/mol. The van der Waals surface area contributed by atoms with Gasteiger partial charge in [-0.15, -0.1) is 0 Å². The molecule has 0 atom stereocenters. The lowest BCUT2D eigenvalue weighted by molar-refractivity contribution is 0.251. The van der Waals surface area contributed by atoms with Gasteiger partial charge < -0.3 is 10.1 Å². The van der Waals surface area contributed by atoms with E-state index in [1.165, 1.54) is 12.8 Å². The zero-order valence-electron chi connectivity index (χ0n) is 14.0. The molecule has 1 aliphatic rings. The summed E-state index contributed by atoms with van der Waals surface area (Å²) in [7, 11) is 1.66. The van der Waals surface area contributed by atoms with Gasteiger partial charge in [0.1, 0.15) is 5.75 Å². The molecule has 6 nitrogen and oxygen atoms in total. The van der Waals surface area contributed by atoms with E-state index in [1.54, 1.807) is 7.11 Å². The smallest absolute Gasteiger partial charge is 0.320 e. The number of H-pyrrole nitrogens is 1. The molecule has 1 heterocycles. The summed E-state index contributed by atoms with van der Waals surface area (Å²) in [5.74, 6) is 2.00. The van der Waals surface area contributed by atoms with E-state index < -0.39 is 0 Å². The van der Waals surface area contributed by atoms with E-state index in [4.69, 9.17) is 4.74 Å². The molecule has 1 saturated carbocycles. The fourth-order valence-corrected chi connectivity index (χ4v) is 2.81. The lowest BCUT2D eigenvalue weighted by Crippen LogP contribution is -2.30. The topological polar surface area (TPSA) is 79.0 Å². The number of hydrogen-bond donors (Lipinski definition) is 3. The molecule has 3 N–H and O–H groups in total. The largest absolute Gasteiger partial charge is 0.497 e. The van der Waals surface area contributed by atoms with Crippen molar-refractivity contribution < 1.29 is 9.53 Å². The summed E-state index contributed by atoms with van der Waals surface area (Å²) in [4.78, 5) is 12.0. The highest BCUT2D eigenvalue weighted by Gasteiger charge is 2.21. The Morgan fingerprint density at radius 3 is 2.88 bits per heavy atom. The number of hydrogen-bond acceptors (Lipinski definition) is 3. The molecular formula is C19H20N4O2. The van der Waals surface area contributed by atoms with E-state index in [0.29, 0.717) is 11.7 Å². The van der Waals surface area contributed by atoms with Crippen LogP contribution in [-0.2, 0) is 0 Å². The Labute approximate surface area is 145 Å². The molecule has 0 spiro atoms. The van der Waals surface area contributed by atoms with Crippen molar-refractivity contribution >= 4 is 22.8 Å². The number of carbonyl (C=O) groups excluding carboxylic acids is 1. The maximum atomic E-state index is 12.0. The zero-order valence-corrected chi connectivity index (χ0v) is 14.0. The number of nitrogens with one attached hydrogen (secondary N) is 3. The SMILES string of the molecule is COc1cccc(-c2ccc3c(NC(=O)NCC4CC4)n[nH]c3c2)c1. The highest BCUT2D eigenvalue weighted by molar-refractivity contribution is 6.00. The molecule has 4 rings (SSSR count). The van der Waals surface area contributed by atoms with Crippen LogP contribution < -0.4 is 15.4 Å². The minimum Gasteiger partial charge on any atom is -0.497 e. The van der Waals surface area contributed by atoms with Crippen molar-refractivity contribution in [1.29, 1.82) is 0 Å². The van der Waals surface area contributed by atoms with Gasteiger partial charge in [0.05, 0.1) is 12.6 Å². The molecule has 0 aliphatic heterocycles. The Balaban J connectivity index is 1.54. The van der Waals surface area contributed by atoms with E-state index >= 15 is 0 Å². The second-order valence-electron chi connectivity index (χ2n) is 6.34. The number of nitrogens with zero attached hydrogens (tertiary/aromatic N) is 1. The Kier molecular flexibility index (Phi) is 4.01. The van der Waals surface area contributed by atoms with Gasteiger partial charge in [-0.25, -0.2) is 4.79 Å². The number of urea groups is 1. The quantitative estimate of drug-likeness (QED) is 0.663. The first-order valence-corrected chi connectivity index (χ1v) is 8.40. The number of fused-ring (bicyclic) bond motifs is 1. The Morgan fingerprint density at radius 2 is 2.08 bits per heavy atom. The number of ether oxygens (including phenoxy) is 1. The molecule has 0 unspecified atom stereocenters. The highest BCUT2D eigenvalue weighted by Crippen LogP contribution is 2.29. The van der Waals surface area contributed by atoms with Crippen LogP contribution >= 0.6 is 0 Å². The van der Waals surface area contributed by atoms with Gasteiger partial charge in [-0.1, -0.05) is 18.2 Å². The molecule has 2 aromatic carbocycles. The predicted octanol–water partition coefficient (Wildman–Crippen LogP) is 3.77. The number of methoxy groups -OCH3 is 1. The van der Waals surface area contributed by atoms with Crippen molar-refractivity contribution in [2.24, 2.45) is 5.92 Å². The third kappa shape index (κ3) is 3.42. The molecule has 1 aliphatic carbocycles. The predicted molar refractivity (Wildman–Crippen MR) is 97.8 cm³/mol. The fourth-order valence-electron chi connectivity index (χ4n) is 2.81. The molecule has 2 amide bonds. The minimum atomic E-state index is -0.211. The van der Waals surface area contributed by atoms with Crippen LogP contribution in [0.5, 0.6) is 5.75 Å². The van der Waals surface area contributed by atoms with Crippen LogP contribution in [0.2, 0.25) is 0 Å². The monoisotopic (exact) mass is 336 g/mol. The van der Waals surface area contributed by atoms with Gasteiger partial charge in [-0.05, 0) is 54.2 Å². The van der Waals surface area contributed by atoms with E-state index in [0.717, 1.165) is 34.3 Å². The fraction of sp³-hybridized carbons (Fsp3) is 0.263. The summed E-state index contributed by atoms with van der Waals surface area (Å²) in [6.45, 7) is 0.730. The van der Waals surface area contributed by atoms with Crippen molar-refractivity contribution in [2.45, 2.75) is 12.8 Å². The van der Waals surface area contributed by atoms with Crippen molar-refractivity contribution in [3.8, 4) is 16.9 Å². The summed E-state index contributed by atoms with van der Waals surface area (Å²) >= 11 is 0. The van der Waals surface area contributed by atoms with Gasteiger partial charge in [-0.2, -0.15) is 5.10 Å². The van der Waals surface area contributed by atoms with E-state index in [-0.39, 0.29) is 6.03 Å². The van der Waals surface area contributed by atoms with E-state index in [2.05, 4.69) is 20.8 Å². The summed E-state index contributed by atoms with van der Waals surface area (Å²) in [6.07, 6.45) is 2.41. The van der Waals surface area contributed by atoms with Crippen LogP contribution in [0.4, 0.5) is 10.6 Å². The molecule has 0 radical (unpaired) electrons. The number of rotatable bonds is 5. The molecule has 6 heteroatoms. The third-order valence-electron chi connectivity index (χ3n) is 4.45. The van der Waals surface area contributed by atoms with Crippen molar-refractivity contribution in [1.82, 2.24) is 15.5 Å². The summed E-state index contributed by atoms with van der Waals surface area (Å²) in [5, 5.41) is 13.8. The van der Waals surface area contributed by atoms with Crippen LogP contribution in [0.25, 0.3) is 22.0 Å². The van der Waals surface area contributed by atoms with Gasteiger partial charge in [-0.3, -0.25) is 10.4 Å². The minimum absolute atomic E-state index is 0.211. The molecule has 1 fully saturated rings. The van der Waals surface area contributed by atoms with Crippen LogP contribution in [0, 0.1) is 5.92 Å². The van der Waals surface area contributed by atoms with Crippen molar-refractivity contribution in [3.05, 3.63) is 42.5 Å². The molecule has 0 saturated heterocycles. The van der Waals surface area contributed by atoms with Gasteiger partial charge in [0, 0.05) is 11.9 Å². The molecule has 3 aromatic rings. The van der Waals surface area contributed by atoms with Crippen LogP contribution in [0.3, 0.4) is 0 Å². The maximum Gasteiger partial charge on any atom is 0.320 e. The maximum absolute atomic E-state index is 12.0. The lowest BCUT2D eigenvalue weighted by atomic mass is 10.0. The second kappa shape index (κ2) is 6.47. The van der Waals surface area contributed by atoms with Crippen LogP contribution in [-0.4, -0.2) is 29.9 Å². The first-order valence-electron chi connectivity index (χ1n) is 8.40. The van der Waals surface area contributed by atoms with Crippen LogP contribution in [0.1, 0.15) is 12.8 Å². The number of benzene rings is 2. The summed E-state index contributed by atoms with van der Waals surface area (Å²) in [5.41, 5.74) is 2.99. The number of aromatic amines is 1. The standard InChI is InChI=1S/C19H20N4O2/c1-25-15-4-2-3-13(9-15)14-7-8-16-17(10-14)22-23-18(16)21-19(24)20-11-12-5-6-12/h2-4,7-10,12H,5-6,11H2,1H3,(H3,20,21,22,23,24). The summed E-state index contributed by atoms with van der Waals surface area (Å²) in [6, 6.07) is 13.7. The average Bonchev–Trinajstić information content (AvgIpc) is 3.40. The highest BCUT2D eigenvalue weighted by atomic mass is 16.5. The van der Waals surface area contributed by atoms with E-state index in [9.17, 15) is 4.79 Å². The number of carbonyl (C=O) groups is 1. The molecule has 1 aromatic heterocycles. The number of aromatic nitrogens is 2.